The molecule has 0 saturated carbocycles. The number of nitrogens with one attached hydrogen (secondary N) is 1. The van der Waals surface area contributed by atoms with Crippen LogP contribution >= 0.6 is 0 Å². The molecular weight excluding hydrogens is 258 g/mol. The summed E-state index contributed by atoms with van der Waals surface area (Å²) in [5.74, 6) is 0.0624. The third kappa shape index (κ3) is 2.83. The molecule has 1 amide bonds. The SMILES string of the molecule is COc1ccc(O)c(C(=O)Nc2ccc(O)c(C)c2)c1. The number of hydrogen-bond acceptors (Lipinski definition) is 4. The molecule has 0 saturated heterocycles. The van der Waals surface area contributed by atoms with Gasteiger partial charge in [-0.1, -0.05) is 0 Å². The van der Waals surface area contributed by atoms with Crippen molar-refractivity contribution in [2.45, 2.75) is 6.92 Å². The standard InChI is InChI=1S/C15H15NO4/c1-9-7-10(3-5-13(9)17)16-15(19)12-8-11(20-2)4-6-14(12)18/h3-8,17-18H,1-2H3,(H,16,19). The molecular formula is C15H15NO4. The minimum absolute atomic E-state index is 0.120. The lowest BCUT2D eigenvalue weighted by Gasteiger charge is -2.09. The van der Waals surface area contributed by atoms with Crippen LogP contribution in [-0.2, 0) is 0 Å². The summed E-state index contributed by atoms with van der Waals surface area (Å²) in [4.78, 5) is 12.1. The van der Waals surface area contributed by atoms with Crippen molar-refractivity contribution in [2.24, 2.45) is 0 Å². The van der Waals surface area contributed by atoms with Crippen molar-refractivity contribution in [2.75, 3.05) is 12.4 Å². The van der Waals surface area contributed by atoms with Gasteiger partial charge in [0.2, 0.25) is 0 Å². The Hall–Kier alpha value is -2.69. The summed E-state index contributed by atoms with van der Waals surface area (Å²) in [5.41, 5.74) is 1.31. The van der Waals surface area contributed by atoms with Crippen LogP contribution in [0.25, 0.3) is 0 Å². The molecule has 5 nitrogen and oxygen atoms in total. The molecule has 0 radical (unpaired) electrons. The van der Waals surface area contributed by atoms with Crippen LogP contribution in [0.15, 0.2) is 36.4 Å². The van der Waals surface area contributed by atoms with Crippen LogP contribution < -0.4 is 10.1 Å². The lowest BCUT2D eigenvalue weighted by atomic mass is 10.1. The molecule has 0 aromatic heterocycles. The number of phenolic OH excluding ortho intramolecular Hbond substituents is 2. The molecule has 0 unspecified atom stereocenters. The Morgan fingerprint density at radius 1 is 1.10 bits per heavy atom. The van der Waals surface area contributed by atoms with E-state index in [1.807, 2.05) is 0 Å². The molecule has 0 fully saturated rings. The monoisotopic (exact) mass is 273 g/mol. The number of ether oxygens (including phenoxy) is 1. The Bertz CT molecular complexity index is 652. The Morgan fingerprint density at radius 2 is 1.80 bits per heavy atom. The second kappa shape index (κ2) is 5.52. The molecule has 0 spiro atoms. The summed E-state index contributed by atoms with van der Waals surface area (Å²) in [6, 6.07) is 9.14. The molecule has 2 aromatic carbocycles. The van der Waals surface area contributed by atoms with E-state index >= 15 is 0 Å². The van der Waals surface area contributed by atoms with E-state index in [2.05, 4.69) is 5.32 Å². The van der Waals surface area contributed by atoms with Gasteiger partial charge in [-0.2, -0.15) is 0 Å². The maximum absolute atomic E-state index is 12.1. The average Bonchev–Trinajstić information content (AvgIpc) is 2.43. The van der Waals surface area contributed by atoms with Crippen molar-refractivity contribution in [1.82, 2.24) is 0 Å². The molecule has 0 atom stereocenters. The number of aromatic hydroxyl groups is 2. The Kier molecular flexibility index (Phi) is 3.79. The quantitative estimate of drug-likeness (QED) is 0.751. The molecule has 0 bridgehead atoms. The summed E-state index contributed by atoms with van der Waals surface area (Å²) in [6.07, 6.45) is 0. The first-order valence-electron chi connectivity index (χ1n) is 5.99. The molecule has 2 rings (SSSR count). The first-order chi connectivity index (χ1) is 9.51. The van der Waals surface area contributed by atoms with Crippen molar-refractivity contribution in [3.8, 4) is 17.2 Å². The van der Waals surface area contributed by atoms with Gasteiger partial charge >= 0.3 is 0 Å². The van der Waals surface area contributed by atoms with Crippen LogP contribution in [0.2, 0.25) is 0 Å². The fraction of sp³-hybridized carbons (Fsp3) is 0.133. The highest BCUT2D eigenvalue weighted by molar-refractivity contribution is 6.06. The lowest BCUT2D eigenvalue weighted by Crippen LogP contribution is -2.12. The van der Waals surface area contributed by atoms with Gasteiger partial charge in [-0.25, -0.2) is 0 Å². The second-order valence-corrected chi connectivity index (χ2v) is 4.34. The fourth-order valence-corrected chi connectivity index (χ4v) is 1.76. The number of carbonyl (C=O) groups excluding carboxylic acids is 1. The molecule has 20 heavy (non-hydrogen) atoms. The first kappa shape index (κ1) is 13.7. The Morgan fingerprint density at radius 3 is 2.45 bits per heavy atom. The van der Waals surface area contributed by atoms with Gasteiger partial charge in [-0.05, 0) is 48.9 Å². The van der Waals surface area contributed by atoms with Crippen LogP contribution in [0.3, 0.4) is 0 Å². The van der Waals surface area contributed by atoms with E-state index in [-0.39, 0.29) is 17.1 Å². The Balaban J connectivity index is 2.25. The van der Waals surface area contributed by atoms with Crippen LogP contribution in [0.4, 0.5) is 5.69 Å². The molecule has 104 valence electrons. The van der Waals surface area contributed by atoms with Gasteiger partial charge in [0, 0.05) is 5.69 Å². The van der Waals surface area contributed by atoms with Crippen LogP contribution in [0.1, 0.15) is 15.9 Å². The highest BCUT2D eigenvalue weighted by Gasteiger charge is 2.13. The maximum Gasteiger partial charge on any atom is 0.259 e. The molecule has 2 aromatic rings. The number of benzene rings is 2. The highest BCUT2D eigenvalue weighted by Crippen LogP contribution is 2.25. The van der Waals surface area contributed by atoms with Crippen LogP contribution in [-0.4, -0.2) is 23.2 Å². The molecule has 3 N–H and O–H groups in total. The predicted molar refractivity (Wildman–Crippen MR) is 75.5 cm³/mol. The summed E-state index contributed by atoms with van der Waals surface area (Å²) in [7, 11) is 1.48. The first-order valence-corrected chi connectivity index (χ1v) is 5.99. The predicted octanol–water partition coefficient (Wildman–Crippen LogP) is 2.67. The molecule has 5 heteroatoms. The Labute approximate surface area is 116 Å². The van der Waals surface area contributed by atoms with E-state index in [0.29, 0.717) is 17.0 Å². The molecule has 0 aliphatic heterocycles. The molecule has 0 heterocycles. The number of methoxy groups -OCH3 is 1. The van der Waals surface area contributed by atoms with Gasteiger partial charge < -0.3 is 20.3 Å². The zero-order valence-electron chi connectivity index (χ0n) is 11.2. The lowest BCUT2D eigenvalue weighted by molar-refractivity contribution is 0.102. The fourth-order valence-electron chi connectivity index (χ4n) is 1.76. The number of phenols is 2. The average molecular weight is 273 g/mol. The normalized spacial score (nSPS) is 10.1. The number of anilines is 1. The summed E-state index contributed by atoms with van der Waals surface area (Å²) >= 11 is 0. The van der Waals surface area contributed by atoms with E-state index in [4.69, 9.17) is 4.74 Å². The highest BCUT2D eigenvalue weighted by atomic mass is 16.5. The van der Waals surface area contributed by atoms with E-state index in [9.17, 15) is 15.0 Å². The van der Waals surface area contributed by atoms with Gasteiger partial charge in [0.05, 0.1) is 12.7 Å². The van der Waals surface area contributed by atoms with Gasteiger partial charge in [0.25, 0.3) is 5.91 Å². The number of carbonyl (C=O) groups is 1. The zero-order valence-corrected chi connectivity index (χ0v) is 11.2. The van der Waals surface area contributed by atoms with Gasteiger partial charge in [0.1, 0.15) is 17.2 Å². The summed E-state index contributed by atoms with van der Waals surface area (Å²) in [5, 5.41) is 21.8. The summed E-state index contributed by atoms with van der Waals surface area (Å²) in [6.45, 7) is 1.73. The minimum Gasteiger partial charge on any atom is -0.508 e. The number of aryl methyl sites for hydroxylation is 1. The summed E-state index contributed by atoms with van der Waals surface area (Å²) < 4.78 is 5.02. The minimum atomic E-state index is -0.452. The van der Waals surface area contributed by atoms with Crippen molar-refractivity contribution in [1.29, 1.82) is 0 Å². The third-order valence-corrected chi connectivity index (χ3v) is 2.90. The van der Waals surface area contributed by atoms with E-state index in [1.54, 1.807) is 25.1 Å². The van der Waals surface area contributed by atoms with Crippen molar-refractivity contribution in [3.05, 3.63) is 47.5 Å². The number of amides is 1. The third-order valence-electron chi connectivity index (χ3n) is 2.90. The van der Waals surface area contributed by atoms with Crippen LogP contribution in [0.5, 0.6) is 17.2 Å². The van der Waals surface area contributed by atoms with Gasteiger partial charge in [-0.15, -0.1) is 0 Å². The molecule has 0 aliphatic carbocycles. The number of rotatable bonds is 3. The largest absolute Gasteiger partial charge is 0.508 e. The number of hydrogen-bond donors (Lipinski definition) is 3. The molecule has 0 aliphatic rings. The van der Waals surface area contributed by atoms with Crippen molar-refractivity contribution >= 4 is 11.6 Å². The topological polar surface area (TPSA) is 78.8 Å². The van der Waals surface area contributed by atoms with Crippen LogP contribution in [0, 0.1) is 6.92 Å². The van der Waals surface area contributed by atoms with Crippen molar-refractivity contribution < 1.29 is 19.7 Å². The van der Waals surface area contributed by atoms with Gasteiger partial charge in [0.15, 0.2) is 0 Å². The zero-order chi connectivity index (χ0) is 14.7. The van der Waals surface area contributed by atoms with Crippen molar-refractivity contribution in [3.63, 3.8) is 0 Å². The smallest absolute Gasteiger partial charge is 0.259 e. The van der Waals surface area contributed by atoms with E-state index in [1.165, 1.54) is 25.3 Å². The van der Waals surface area contributed by atoms with E-state index in [0.717, 1.165) is 0 Å². The second-order valence-electron chi connectivity index (χ2n) is 4.34. The van der Waals surface area contributed by atoms with E-state index < -0.39 is 5.91 Å². The maximum atomic E-state index is 12.1. The van der Waals surface area contributed by atoms with Gasteiger partial charge in [-0.3, -0.25) is 4.79 Å².